The molecule has 3 N–H and O–H groups in total. The summed E-state index contributed by atoms with van der Waals surface area (Å²) < 4.78 is 4.44. The van der Waals surface area contributed by atoms with Gasteiger partial charge in [0.2, 0.25) is 6.10 Å². The van der Waals surface area contributed by atoms with Crippen molar-refractivity contribution in [3.8, 4) is 0 Å². The predicted molar refractivity (Wildman–Crippen MR) is 32.1 cm³/mol. The van der Waals surface area contributed by atoms with Crippen molar-refractivity contribution in [1.29, 1.82) is 0 Å². The first kappa shape index (κ1) is 6.85. The van der Waals surface area contributed by atoms with Crippen molar-refractivity contribution in [3.05, 3.63) is 0 Å². The largest absolute Gasteiger partial charge is 0.434 e. The van der Waals surface area contributed by atoms with Gasteiger partial charge >= 0.3 is 6.09 Å². The number of hydrogen-bond acceptors (Lipinski definition) is 3. The van der Waals surface area contributed by atoms with Crippen LogP contribution in [0.25, 0.3) is 0 Å². The van der Waals surface area contributed by atoms with E-state index in [1.807, 2.05) is 0 Å². The van der Waals surface area contributed by atoms with E-state index >= 15 is 0 Å². The Morgan fingerprint density at radius 2 is 2.40 bits per heavy atom. The zero-order chi connectivity index (χ0) is 7.72. The van der Waals surface area contributed by atoms with E-state index in [0.717, 1.165) is 0 Å². The number of nitrogens with one attached hydrogen (secondary N) is 1. The number of ether oxygens (including phenoxy) is 1. The van der Waals surface area contributed by atoms with Gasteiger partial charge in [-0.2, -0.15) is 0 Å². The first-order chi connectivity index (χ1) is 4.61. The van der Waals surface area contributed by atoms with E-state index in [4.69, 9.17) is 0 Å². The summed E-state index contributed by atoms with van der Waals surface area (Å²) in [5, 5.41) is 2.49. The highest BCUT2D eigenvalue weighted by atomic mass is 16.6. The Hall–Kier alpha value is -1.26. The SMILES string of the molecule is C[C@@H]1NC(=O)[C@H]1OC(N)=O. The fourth-order valence-electron chi connectivity index (χ4n) is 0.794. The molecule has 1 fully saturated rings. The first-order valence-corrected chi connectivity index (χ1v) is 2.87. The summed E-state index contributed by atoms with van der Waals surface area (Å²) in [7, 11) is 0. The number of rotatable bonds is 1. The third-order valence-corrected chi connectivity index (χ3v) is 1.33. The van der Waals surface area contributed by atoms with E-state index in [1.165, 1.54) is 0 Å². The average molecular weight is 144 g/mol. The highest BCUT2D eigenvalue weighted by molar-refractivity contribution is 5.89. The van der Waals surface area contributed by atoms with Crippen LogP contribution in [0.3, 0.4) is 0 Å². The van der Waals surface area contributed by atoms with Crippen LogP contribution in [0.4, 0.5) is 4.79 Å². The monoisotopic (exact) mass is 144 g/mol. The van der Waals surface area contributed by atoms with Gasteiger partial charge in [0.1, 0.15) is 0 Å². The van der Waals surface area contributed by atoms with Crippen molar-refractivity contribution in [2.75, 3.05) is 0 Å². The maximum atomic E-state index is 10.5. The Labute approximate surface area is 57.5 Å². The summed E-state index contributed by atoms with van der Waals surface area (Å²) in [5.41, 5.74) is 4.69. The van der Waals surface area contributed by atoms with Gasteiger partial charge in [0.15, 0.2) is 0 Å². The van der Waals surface area contributed by atoms with Crippen LogP contribution in [-0.2, 0) is 9.53 Å². The Bertz CT molecular complexity index is 180. The zero-order valence-electron chi connectivity index (χ0n) is 5.46. The molecular formula is C5H8N2O3. The average Bonchev–Trinajstić information content (AvgIpc) is 1.84. The van der Waals surface area contributed by atoms with Crippen LogP contribution < -0.4 is 11.1 Å². The third-order valence-electron chi connectivity index (χ3n) is 1.33. The molecule has 1 aliphatic heterocycles. The van der Waals surface area contributed by atoms with Crippen molar-refractivity contribution >= 4 is 12.0 Å². The van der Waals surface area contributed by atoms with Gasteiger partial charge < -0.3 is 15.8 Å². The minimum Gasteiger partial charge on any atom is -0.434 e. The summed E-state index contributed by atoms with van der Waals surface area (Å²) in [6, 6.07) is -0.111. The zero-order valence-corrected chi connectivity index (χ0v) is 5.46. The number of primary amides is 1. The molecule has 5 nitrogen and oxygen atoms in total. The van der Waals surface area contributed by atoms with Gasteiger partial charge in [-0.15, -0.1) is 0 Å². The van der Waals surface area contributed by atoms with E-state index in [-0.39, 0.29) is 11.9 Å². The van der Waals surface area contributed by atoms with Crippen LogP contribution in [0.1, 0.15) is 6.92 Å². The minimum absolute atomic E-state index is 0.111. The van der Waals surface area contributed by atoms with Crippen LogP contribution in [0.5, 0.6) is 0 Å². The van der Waals surface area contributed by atoms with Gasteiger partial charge in [0.05, 0.1) is 6.04 Å². The van der Waals surface area contributed by atoms with Gasteiger partial charge in [0, 0.05) is 0 Å². The molecule has 0 aromatic rings. The molecule has 0 unspecified atom stereocenters. The van der Waals surface area contributed by atoms with Gasteiger partial charge in [-0.25, -0.2) is 4.79 Å². The van der Waals surface area contributed by atoms with Gasteiger partial charge in [-0.1, -0.05) is 0 Å². The molecule has 1 heterocycles. The van der Waals surface area contributed by atoms with Crippen LogP contribution in [0.15, 0.2) is 0 Å². The molecule has 2 amide bonds. The molecule has 10 heavy (non-hydrogen) atoms. The lowest BCUT2D eigenvalue weighted by molar-refractivity contribution is -0.141. The minimum atomic E-state index is -0.910. The highest BCUT2D eigenvalue weighted by Crippen LogP contribution is 2.08. The lowest BCUT2D eigenvalue weighted by atomic mass is 10.1. The Kier molecular flexibility index (Phi) is 1.48. The Morgan fingerprint density at radius 1 is 1.80 bits per heavy atom. The summed E-state index contributed by atoms with van der Waals surface area (Å²) in [6.07, 6.45) is -1.59. The molecule has 0 aromatic heterocycles. The molecular weight excluding hydrogens is 136 g/mol. The second-order valence-corrected chi connectivity index (χ2v) is 2.15. The number of nitrogens with two attached hydrogens (primary N) is 1. The second-order valence-electron chi connectivity index (χ2n) is 2.15. The summed E-state index contributed by atoms with van der Waals surface area (Å²) in [6.45, 7) is 1.73. The van der Waals surface area contributed by atoms with E-state index < -0.39 is 12.2 Å². The molecule has 0 spiro atoms. The number of carbonyl (C=O) groups excluding carboxylic acids is 2. The maximum absolute atomic E-state index is 10.5. The standard InChI is InChI=1S/C5H8N2O3/c1-2-3(4(8)7-2)10-5(6)9/h2-3H,1H3,(H2,6,9)(H,7,8)/t2-,3-/m0/s1. The van der Waals surface area contributed by atoms with E-state index in [0.29, 0.717) is 0 Å². The summed E-state index contributed by atoms with van der Waals surface area (Å²) >= 11 is 0. The summed E-state index contributed by atoms with van der Waals surface area (Å²) in [4.78, 5) is 20.6. The molecule has 56 valence electrons. The van der Waals surface area contributed by atoms with E-state index in [9.17, 15) is 9.59 Å². The Morgan fingerprint density at radius 3 is 2.60 bits per heavy atom. The number of hydrogen-bond donors (Lipinski definition) is 2. The topological polar surface area (TPSA) is 81.4 Å². The van der Waals surface area contributed by atoms with Gasteiger partial charge in [0.25, 0.3) is 5.91 Å². The van der Waals surface area contributed by atoms with Crippen LogP contribution in [-0.4, -0.2) is 24.1 Å². The number of amides is 2. The normalized spacial score (nSPS) is 30.3. The van der Waals surface area contributed by atoms with Crippen molar-refractivity contribution in [1.82, 2.24) is 5.32 Å². The van der Waals surface area contributed by atoms with Crippen LogP contribution in [0.2, 0.25) is 0 Å². The molecule has 2 atom stereocenters. The summed E-state index contributed by atoms with van der Waals surface area (Å²) in [5.74, 6) is -0.286. The first-order valence-electron chi connectivity index (χ1n) is 2.87. The smallest absolute Gasteiger partial charge is 0.405 e. The van der Waals surface area contributed by atoms with E-state index in [2.05, 4.69) is 15.8 Å². The maximum Gasteiger partial charge on any atom is 0.405 e. The number of β-lactam (4-membered cyclic amide) rings is 1. The lowest BCUT2D eigenvalue weighted by Crippen LogP contribution is -2.62. The van der Waals surface area contributed by atoms with Crippen molar-refractivity contribution in [2.24, 2.45) is 5.73 Å². The molecule has 0 saturated carbocycles. The molecule has 1 aliphatic rings. The molecule has 0 radical (unpaired) electrons. The fourth-order valence-corrected chi connectivity index (χ4v) is 0.794. The fraction of sp³-hybridized carbons (Fsp3) is 0.600. The Balaban J connectivity index is 2.40. The van der Waals surface area contributed by atoms with E-state index in [1.54, 1.807) is 6.92 Å². The molecule has 5 heteroatoms. The highest BCUT2D eigenvalue weighted by Gasteiger charge is 2.38. The molecule has 1 saturated heterocycles. The van der Waals surface area contributed by atoms with Crippen molar-refractivity contribution in [2.45, 2.75) is 19.1 Å². The lowest BCUT2D eigenvalue weighted by Gasteiger charge is -2.32. The van der Waals surface area contributed by atoms with Crippen molar-refractivity contribution < 1.29 is 14.3 Å². The van der Waals surface area contributed by atoms with Crippen LogP contribution in [0, 0.1) is 0 Å². The van der Waals surface area contributed by atoms with Gasteiger partial charge in [-0.05, 0) is 6.92 Å². The van der Waals surface area contributed by atoms with Crippen LogP contribution >= 0.6 is 0 Å². The third kappa shape index (κ3) is 1.02. The molecule has 0 bridgehead atoms. The molecule has 1 rings (SSSR count). The van der Waals surface area contributed by atoms with Crippen molar-refractivity contribution in [3.63, 3.8) is 0 Å². The van der Waals surface area contributed by atoms with Gasteiger partial charge in [-0.3, -0.25) is 4.79 Å². The molecule has 0 aliphatic carbocycles. The number of carbonyl (C=O) groups is 2. The molecule has 0 aromatic carbocycles. The quantitative estimate of drug-likeness (QED) is 0.461. The second kappa shape index (κ2) is 2.17. The predicted octanol–water partition coefficient (Wildman–Crippen LogP) is -1.03.